The van der Waals surface area contributed by atoms with Gasteiger partial charge in [-0.3, -0.25) is 4.98 Å². The number of pyridine rings is 1. The molecule has 29 heavy (non-hydrogen) atoms. The summed E-state index contributed by atoms with van der Waals surface area (Å²) in [5.41, 5.74) is 3.77. The van der Waals surface area contributed by atoms with Crippen molar-refractivity contribution >= 4 is 11.9 Å². The monoisotopic (exact) mass is 393 g/mol. The molecular weight excluding hydrogens is 373 g/mol. The molecular formula is C23H20FNO4. The second kappa shape index (κ2) is 8.65. The van der Waals surface area contributed by atoms with Crippen LogP contribution < -0.4 is 0 Å². The molecule has 0 saturated carbocycles. The molecule has 0 spiro atoms. The summed E-state index contributed by atoms with van der Waals surface area (Å²) in [4.78, 5) is 28.4. The fourth-order valence-corrected chi connectivity index (χ4v) is 2.92. The summed E-state index contributed by atoms with van der Waals surface area (Å²) in [7, 11) is 1.22. The molecule has 0 N–H and O–H groups in total. The van der Waals surface area contributed by atoms with Crippen molar-refractivity contribution in [3.05, 3.63) is 88.5 Å². The molecule has 0 aliphatic heterocycles. The van der Waals surface area contributed by atoms with Gasteiger partial charge in [-0.2, -0.15) is 0 Å². The number of aromatic nitrogens is 1. The number of carbonyl (C=O) groups is 2. The van der Waals surface area contributed by atoms with Crippen molar-refractivity contribution < 1.29 is 23.5 Å². The van der Waals surface area contributed by atoms with E-state index in [4.69, 9.17) is 4.74 Å². The van der Waals surface area contributed by atoms with Crippen LogP contribution in [-0.2, 0) is 16.1 Å². The first-order valence-electron chi connectivity index (χ1n) is 8.97. The van der Waals surface area contributed by atoms with Crippen LogP contribution in [-0.4, -0.2) is 24.0 Å². The highest BCUT2D eigenvalue weighted by Crippen LogP contribution is 2.26. The van der Waals surface area contributed by atoms with E-state index in [1.165, 1.54) is 19.2 Å². The van der Waals surface area contributed by atoms with Crippen molar-refractivity contribution in [1.29, 1.82) is 0 Å². The molecule has 1 heterocycles. The highest BCUT2D eigenvalue weighted by atomic mass is 19.1. The third-order valence-electron chi connectivity index (χ3n) is 4.54. The maximum Gasteiger partial charge on any atom is 0.340 e. The zero-order valence-corrected chi connectivity index (χ0v) is 16.4. The predicted octanol–water partition coefficient (Wildman–Crippen LogP) is 4.65. The summed E-state index contributed by atoms with van der Waals surface area (Å²) in [5.74, 6) is -1.88. The van der Waals surface area contributed by atoms with Crippen LogP contribution in [0.25, 0.3) is 11.1 Å². The fraction of sp³-hybridized carbons (Fsp3) is 0.174. The van der Waals surface area contributed by atoms with Crippen molar-refractivity contribution in [2.75, 3.05) is 7.11 Å². The highest BCUT2D eigenvalue weighted by molar-refractivity contribution is 5.98. The molecule has 1 aromatic heterocycles. The van der Waals surface area contributed by atoms with Crippen molar-refractivity contribution in [1.82, 2.24) is 4.98 Å². The molecule has 0 saturated heterocycles. The molecule has 6 heteroatoms. The first-order chi connectivity index (χ1) is 13.9. The van der Waals surface area contributed by atoms with Gasteiger partial charge in [0, 0.05) is 11.8 Å². The van der Waals surface area contributed by atoms with E-state index in [9.17, 15) is 14.0 Å². The quantitative estimate of drug-likeness (QED) is 0.591. The lowest BCUT2D eigenvalue weighted by Gasteiger charge is -2.13. The molecule has 0 amide bonds. The lowest BCUT2D eigenvalue weighted by Crippen LogP contribution is -2.11. The summed E-state index contributed by atoms with van der Waals surface area (Å²) in [6.45, 7) is 3.44. The van der Waals surface area contributed by atoms with Gasteiger partial charge in [-0.25, -0.2) is 14.0 Å². The Kier molecular flexibility index (Phi) is 6.02. The summed E-state index contributed by atoms with van der Waals surface area (Å²) in [5, 5.41) is 0. The third kappa shape index (κ3) is 4.48. The van der Waals surface area contributed by atoms with Gasteiger partial charge in [-0.05, 0) is 43.2 Å². The van der Waals surface area contributed by atoms with Crippen molar-refractivity contribution in [3.63, 3.8) is 0 Å². The number of nitrogens with zero attached hydrogens (tertiary/aromatic N) is 1. The van der Waals surface area contributed by atoms with Gasteiger partial charge in [0.15, 0.2) is 0 Å². The zero-order valence-electron chi connectivity index (χ0n) is 16.4. The molecule has 3 aromatic rings. The number of hydrogen-bond acceptors (Lipinski definition) is 5. The first kappa shape index (κ1) is 20.2. The second-order valence-electron chi connectivity index (χ2n) is 6.56. The SMILES string of the molecule is COC(=O)c1ccc(COC(=O)c2c(-c3ccc(C)cc3)ccnc2C)c(F)c1. The largest absolute Gasteiger partial charge is 0.465 e. The number of aryl methyl sites for hydroxylation is 2. The van der Waals surface area contributed by atoms with E-state index in [-0.39, 0.29) is 17.7 Å². The molecule has 2 aromatic carbocycles. The molecule has 5 nitrogen and oxygen atoms in total. The molecule has 3 rings (SSSR count). The minimum atomic E-state index is -0.651. The first-order valence-corrected chi connectivity index (χ1v) is 8.97. The summed E-state index contributed by atoms with van der Waals surface area (Å²) in [6.07, 6.45) is 1.63. The van der Waals surface area contributed by atoms with Gasteiger partial charge in [0.05, 0.1) is 23.9 Å². The van der Waals surface area contributed by atoms with E-state index >= 15 is 0 Å². The van der Waals surface area contributed by atoms with Crippen LogP contribution in [0.1, 0.15) is 37.5 Å². The van der Waals surface area contributed by atoms with Gasteiger partial charge in [-0.15, -0.1) is 0 Å². The average Bonchev–Trinajstić information content (AvgIpc) is 2.72. The van der Waals surface area contributed by atoms with Gasteiger partial charge >= 0.3 is 11.9 Å². The molecule has 0 fully saturated rings. The van der Waals surface area contributed by atoms with Gasteiger partial charge in [0.1, 0.15) is 12.4 Å². The van der Waals surface area contributed by atoms with Crippen LogP contribution in [0.2, 0.25) is 0 Å². The molecule has 0 unspecified atom stereocenters. The Bertz CT molecular complexity index is 1060. The maximum absolute atomic E-state index is 14.2. The second-order valence-corrected chi connectivity index (χ2v) is 6.56. The highest BCUT2D eigenvalue weighted by Gasteiger charge is 2.19. The number of ether oxygens (including phenoxy) is 2. The average molecular weight is 393 g/mol. The number of esters is 2. The topological polar surface area (TPSA) is 65.5 Å². The Balaban J connectivity index is 1.83. The molecule has 0 radical (unpaired) electrons. The fourth-order valence-electron chi connectivity index (χ4n) is 2.92. The Hall–Kier alpha value is -3.54. The Morgan fingerprint density at radius 3 is 2.38 bits per heavy atom. The predicted molar refractivity (Wildman–Crippen MR) is 106 cm³/mol. The number of carbonyl (C=O) groups excluding carboxylic acids is 2. The van der Waals surface area contributed by atoms with Crippen LogP contribution in [0.3, 0.4) is 0 Å². The van der Waals surface area contributed by atoms with Gasteiger partial charge < -0.3 is 9.47 Å². The van der Waals surface area contributed by atoms with E-state index in [0.717, 1.165) is 17.2 Å². The zero-order chi connectivity index (χ0) is 21.0. The van der Waals surface area contributed by atoms with E-state index in [0.29, 0.717) is 16.8 Å². The van der Waals surface area contributed by atoms with Gasteiger partial charge in [0.25, 0.3) is 0 Å². The van der Waals surface area contributed by atoms with Crippen LogP contribution in [0.15, 0.2) is 54.7 Å². The molecule has 0 aliphatic carbocycles. The van der Waals surface area contributed by atoms with Gasteiger partial charge in [0.2, 0.25) is 0 Å². The summed E-state index contributed by atoms with van der Waals surface area (Å²) < 4.78 is 24.2. The Morgan fingerprint density at radius 1 is 1.00 bits per heavy atom. The van der Waals surface area contributed by atoms with Crippen molar-refractivity contribution in [2.45, 2.75) is 20.5 Å². The standard InChI is InChI=1S/C23H20FNO4/c1-14-4-6-16(7-5-14)19-10-11-25-15(2)21(19)23(27)29-13-18-9-8-17(12-20(18)24)22(26)28-3/h4-12H,13H2,1-3H3. The van der Waals surface area contributed by atoms with E-state index in [1.54, 1.807) is 19.2 Å². The van der Waals surface area contributed by atoms with E-state index in [2.05, 4.69) is 9.72 Å². The van der Waals surface area contributed by atoms with Crippen LogP contribution in [0.4, 0.5) is 4.39 Å². The van der Waals surface area contributed by atoms with Crippen molar-refractivity contribution in [3.8, 4) is 11.1 Å². The van der Waals surface area contributed by atoms with Crippen molar-refractivity contribution in [2.24, 2.45) is 0 Å². The Labute approximate surface area is 168 Å². The van der Waals surface area contributed by atoms with Crippen LogP contribution in [0, 0.1) is 19.7 Å². The summed E-state index contributed by atoms with van der Waals surface area (Å²) in [6, 6.07) is 13.4. The minimum Gasteiger partial charge on any atom is -0.465 e. The van der Waals surface area contributed by atoms with Crippen LogP contribution in [0.5, 0.6) is 0 Å². The lowest BCUT2D eigenvalue weighted by molar-refractivity contribution is 0.0467. The number of benzene rings is 2. The molecule has 0 bridgehead atoms. The molecule has 148 valence electrons. The molecule has 0 atom stereocenters. The normalized spacial score (nSPS) is 10.5. The van der Waals surface area contributed by atoms with E-state index in [1.807, 2.05) is 31.2 Å². The number of methoxy groups -OCH3 is 1. The summed E-state index contributed by atoms with van der Waals surface area (Å²) >= 11 is 0. The van der Waals surface area contributed by atoms with E-state index < -0.39 is 17.8 Å². The molecule has 0 aliphatic rings. The minimum absolute atomic E-state index is 0.0878. The number of halogens is 1. The lowest BCUT2D eigenvalue weighted by atomic mass is 9.98. The Morgan fingerprint density at radius 2 is 1.72 bits per heavy atom. The number of rotatable bonds is 5. The maximum atomic E-state index is 14.2. The number of hydrogen-bond donors (Lipinski definition) is 0. The smallest absolute Gasteiger partial charge is 0.340 e. The third-order valence-corrected chi connectivity index (χ3v) is 4.54. The van der Waals surface area contributed by atoms with Gasteiger partial charge in [-0.1, -0.05) is 35.9 Å². The van der Waals surface area contributed by atoms with Crippen LogP contribution >= 0.6 is 0 Å².